The number of rotatable bonds is 2. The van der Waals surface area contributed by atoms with Gasteiger partial charge in [-0.15, -0.1) is 12.4 Å². The molecule has 0 aromatic carbocycles. The first-order chi connectivity index (χ1) is 7.01. The molecule has 1 atom stereocenters. The van der Waals surface area contributed by atoms with Gasteiger partial charge < -0.3 is 5.73 Å². The summed E-state index contributed by atoms with van der Waals surface area (Å²) in [4.78, 5) is 0. The molecule has 1 aromatic rings. The fourth-order valence-electron chi connectivity index (χ4n) is 1.72. The second-order valence-corrected chi connectivity index (χ2v) is 5.59. The van der Waals surface area contributed by atoms with Gasteiger partial charge in [-0.25, -0.2) is 8.42 Å². The zero-order valence-corrected chi connectivity index (χ0v) is 10.5. The second-order valence-electron chi connectivity index (χ2n) is 3.70. The van der Waals surface area contributed by atoms with Gasteiger partial charge in [0.25, 0.3) is 10.0 Å². The Kier molecular flexibility index (Phi) is 3.95. The summed E-state index contributed by atoms with van der Waals surface area (Å²) >= 11 is 0. The quantitative estimate of drug-likeness (QED) is 0.787. The highest BCUT2D eigenvalue weighted by Gasteiger charge is 2.32. The molecule has 2 heterocycles. The summed E-state index contributed by atoms with van der Waals surface area (Å²) in [6, 6.07) is 1.45. The van der Waals surface area contributed by atoms with E-state index >= 15 is 0 Å². The molecule has 2 rings (SSSR count). The molecule has 0 spiro atoms. The van der Waals surface area contributed by atoms with Gasteiger partial charge in [0.15, 0.2) is 5.03 Å². The van der Waals surface area contributed by atoms with Crippen molar-refractivity contribution >= 4 is 22.4 Å². The number of aromatic nitrogens is 2. The molecular weight excluding hydrogens is 252 g/mol. The van der Waals surface area contributed by atoms with E-state index in [9.17, 15) is 8.42 Å². The van der Waals surface area contributed by atoms with E-state index in [-0.39, 0.29) is 23.5 Å². The van der Waals surface area contributed by atoms with E-state index in [2.05, 4.69) is 5.10 Å². The van der Waals surface area contributed by atoms with Crippen LogP contribution in [0.2, 0.25) is 0 Å². The molecule has 1 aliphatic heterocycles. The van der Waals surface area contributed by atoms with Crippen molar-refractivity contribution in [1.29, 1.82) is 0 Å². The molecule has 2 N–H and O–H groups in total. The molecule has 0 aliphatic carbocycles. The lowest BCUT2D eigenvalue weighted by atomic mass is 10.3. The maximum atomic E-state index is 12.1. The lowest BCUT2D eigenvalue weighted by molar-refractivity contribution is 0.462. The van der Waals surface area contributed by atoms with Crippen molar-refractivity contribution in [2.45, 2.75) is 17.5 Å². The number of nitrogens with two attached hydrogens (primary N) is 1. The Morgan fingerprint density at radius 2 is 2.25 bits per heavy atom. The number of hydrogen-bond donors (Lipinski definition) is 1. The number of halogens is 1. The normalized spacial score (nSPS) is 22.0. The van der Waals surface area contributed by atoms with Crippen LogP contribution in [-0.4, -0.2) is 41.6 Å². The van der Waals surface area contributed by atoms with Crippen LogP contribution in [0.5, 0.6) is 0 Å². The number of hydrogen-bond acceptors (Lipinski definition) is 4. The van der Waals surface area contributed by atoms with Crippen molar-refractivity contribution in [3.63, 3.8) is 0 Å². The van der Waals surface area contributed by atoms with E-state index in [1.54, 1.807) is 7.05 Å². The van der Waals surface area contributed by atoms with Crippen molar-refractivity contribution in [1.82, 2.24) is 14.1 Å². The topological polar surface area (TPSA) is 81.2 Å². The van der Waals surface area contributed by atoms with Gasteiger partial charge in [0, 0.05) is 26.2 Å². The molecule has 8 heteroatoms. The van der Waals surface area contributed by atoms with Gasteiger partial charge in [-0.05, 0) is 12.5 Å². The summed E-state index contributed by atoms with van der Waals surface area (Å²) in [6.07, 6.45) is 2.19. The van der Waals surface area contributed by atoms with Gasteiger partial charge >= 0.3 is 0 Å². The highest BCUT2D eigenvalue weighted by Crippen LogP contribution is 2.19. The molecule has 92 valence electrons. The Labute approximate surface area is 101 Å². The molecule has 1 aromatic heterocycles. The summed E-state index contributed by atoms with van der Waals surface area (Å²) < 4.78 is 26.9. The fraction of sp³-hybridized carbons (Fsp3) is 0.625. The minimum absolute atomic E-state index is 0. The average molecular weight is 267 g/mol. The van der Waals surface area contributed by atoms with Crippen LogP contribution in [0.15, 0.2) is 17.3 Å². The number of nitrogens with zero attached hydrogens (tertiary/aromatic N) is 3. The fourth-order valence-corrected chi connectivity index (χ4v) is 3.33. The average Bonchev–Trinajstić information content (AvgIpc) is 2.74. The van der Waals surface area contributed by atoms with Crippen molar-refractivity contribution in [3.8, 4) is 0 Å². The molecule has 0 amide bonds. The first-order valence-electron chi connectivity index (χ1n) is 4.75. The Morgan fingerprint density at radius 3 is 2.69 bits per heavy atom. The Balaban J connectivity index is 0.00000128. The maximum Gasteiger partial charge on any atom is 0.260 e. The summed E-state index contributed by atoms with van der Waals surface area (Å²) in [5, 5.41) is 4.07. The molecule has 0 bridgehead atoms. The summed E-state index contributed by atoms with van der Waals surface area (Å²) in [5.41, 5.74) is 5.68. The van der Waals surface area contributed by atoms with E-state index in [0.717, 1.165) is 6.42 Å². The molecule has 0 saturated carbocycles. The monoisotopic (exact) mass is 266 g/mol. The lowest BCUT2D eigenvalue weighted by Crippen LogP contribution is -2.33. The molecule has 6 nitrogen and oxygen atoms in total. The first-order valence-corrected chi connectivity index (χ1v) is 6.19. The predicted molar refractivity (Wildman–Crippen MR) is 61.8 cm³/mol. The van der Waals surface area contributed by atoms with E-state index in [1.807, 2.05) is 0 Å². The number of aryl methyl sites for hydroxylation is 1. The molecule has 1 saturated heterocycles. The van der Waals surface area contributed by atoms with E-state index in [0.29, 0.717) is 13.1 Å². The van der Waals surface area contributed by atoms with Gasteiger partial charge in [-0.1, -0.05) is 0 Å². The van der Waals surface area contributed by atoms with Crippen LogP contribution in [0.4, 0.5) is 0 Å². The highest BCUT2D eigenvalue weighted by molar-refractivity contribution is 7.89. The lowest BCUT2D eigenvalue weighted by Gasteiger charge is -2.15. The van der Waals surface area contributed by atoms with Gasteiger partial charge in [0.1, 0.15) is 0 Å². The van der Waals surface area contributed by atoms with Gasteiger partial charge in [-0.2, -0.15) is 9.40 Å². The van der Waals surface area contributed by atoms with Crippen LogP contribution in [0, 0.1) is 0 Å². The zero-order chi connectivity index (χ0) is 11.1. The minimum atomic E-state index is -3.41. The Hall–Kier alpha value is -0.630. The van der Waals surface area contributed by atoms with E-state index in [4.69, 9.17) is 5.73 Å². The van der Waals surface area contributed by atoms with Crippen LogP contribution in [-0.2, 0) is 17.1 Å². The third-order valence-electron chi connectivity index (χ3n) is 2.57. The Morgan fingerprint density at radius 1 is 1.56 bits per heavy atom. The second kappa shape index (κ2) is 4.70. The SMILES string of the molecule is Cl.Cn1nccc1S(=O)(=O)N1CC[C@@H](N)C1. The van der Waals surface area contributed by atoms with Crippen molar-refractivity contribution in [2.24, 2.45) is 12.8 Å². The van der Waals surface area contributed by atoms with Crippen molar-refractivity contribution in [3.05, 3.63) is 12.3 Å². The predicted octanol–water partition coefficient (Wildman–Crippen LogP) is -0.436. The first kappa shape index (κ1) is 13.4. The number of sulfonamides is 1. The van der Waals surface area contributed by atoms with Crippen LogP contribution < -0.4 is 5.73 Å². The Bertz CT molecular complexity index is 458. The van der Waals surface area contributed by atoms with Gasteiger partial charge in [0.05, 0.1) is 6.20 Å². The molecule has 0 radical (unpaired) electrons. The van der Waals surface area contributed by atoms with Crippen LogP contribution in [0.25, 0.3) is 0 Å². The van der Waals surface area contributed by atoms with Gasteiger partial charge in [0.2, 0.25) is 0 Å². The third-order valence-corrected chi connectivity index (χ3v) is 4.51. The summed E-state index contributed by atoms with van der Waals surface area (Å²) in [6.45, 7) is 0.891. The highest BCUT2D eigenvalue weighted by atomic mass is 35.5. The molecule has 0 unspecified atom stereocenters. The largest absolute Gasteiger partial charge is 0.326 e. The third kappa shape index (κ3) is 2.22. The van der Waals surface area contributed by atoms with Crippen LogP contribution in [0.3, 0.4) is 0 Å². The van der Waals surface area contributed by atoms with E-state index < -0.39 is 10.0 Å². The standard InChI is InChI=1S/C8H14N4O2S.ClH/c1-11-8(2-4-10-11)15(13,14)12-5-3-7(9)6-12;/h2,4,7H,3,5-6,9H2,1H3;1H/t7-;/m1./s1. The zero-order valence-electron chi connectivity index (χ0n) is 8.91. The minimum Gasteiger partial charge on any atom is -0.326 e. The van der Waals surface area contributed by atoms with E-state index in [1.165, 1.54) is 21.3 Å². The molecular formula is C8H15ClN4O2S. The van der Waals surface area contributed by atoms with Crippen LogP contribution in [0.1, 0.15) is 6.42 Å². The maximum absolute atomic E-state index is 12.1. The molecule has 1 fully saturated rings. The van der Waals surface area contributed by atoms with Crippen molar-refractivity contribution in [2.75, 3.05) is 13.1 Å². The smallest absolute Gasteiger partial charge is 0.260 e. The van der Waals surface area contributed by atoms with Crippen LogP contribution >= 0.6 is 12.4 Å². The summed E-state index contributed by atoms with van der Waals surface area (Å²) in [7, 11) is -1.79. The summed E-state index contributed by atoms with van der Waals surface area (Å²) in [5.74, 6) is 0. The van der Waals surface area contributed by atoms with Crippen molar-refractivity contribution < 1.29 is 8.42 Å². The molecule has 1 aliphatic rings. The van der Waals surface area contributed by atoms with Gasteiger partial charge in [-0.3, -0.25) is 4.68 Å². The molecule has 16 heavy (non-hydrogen) atoms.